The van der Waals surface area contributed by atoms with Crippen LogP contribution in [0.5, 0.6) is 0 Å². The van der Waals surface area contributed by atoms with Gasteiger partial charge in [-0.15, -0.1) is 0 Å². The van der Waals surface area contributed by atoms with E-state index in [0.717, 1.165) is 63.1 Å². The molecule has 1 aromatic heterocycles. The topological polar surface area (TPSA) is 122 Å². The highest BCUT2D eigenvalue weighted by Gasteiger charge is 2.41. The van der Waals surface area contributed by atoms with Gasteiger partial charge in [-0.1, -0.05) is 12.1 Å². The zero-order chi connectivity index (χ0) is 23.1. The number of halogens is 1. The lowest BCUT2D eigenvalue weighted by Gasteiger charge is -2.47. The lowest BCUT2D eigenvalue weighted by atomic mass is 9.91. The summed E-state index contributed by atoms with van der Waals surface area (Å²) in [6.07, 6.45) is 4.83. The smallest absolute Gasteiger partial charge is 0.328 e. The van der Waals surface area contributed by atoms with Crippen LogP contribution in [0.15, 0.2) is 34.9 Å². The molecule has 0 saturated carbocycles. The summed E-state index contributed by atoms with van der Waals surface area (Å²) in [4.78, 5) is 21.4. The fourth-order valence-corrected chi connectivity index (χ4v) is 4.04. The minimum atomic E-state index is -1.26. The first-order chi connectivity index (χ1) is 15.3. The lowest BCUT2D eigenvalue weighted by Crippen LogP contribution is -2.57. The van der Waals surface area contributed by atoms with Gasteiger partial charge in [-0.3, -0.25) is 4.90 Å². The van der Waals surface area contributed by atoms with Gasteiger partial charge in [0.1, 0.15) is 5.82 Å². The van der Waals surface area contributed by atoms with Gasteiger partial charge in [0.25, 0.3) is 0 Å². The molecule has 2 saturated heterocycles. The second-order valence-corrected chi connectivity index (χ2v) is 7.60. The number of hydrogen-bond donors (Lipinski definition) is 2. The summed E-state index contributed by atoms with van der Waals surface area (Å²) in [5, 5.41) is 20.8. The van der Waals surface area contributed by atoms with Crippen molar-refractivity contribution in [3.05, 3.63) is 41.9 Å². The molecule has 2 N–H and O–H groups in total. The Morgan fingerprint density at radius 1 is 1.19 bits per heavy atom. The minimum Gasteiger partial charge on any atom is -0.478 e. The Bertz CT molecular complexity index is 944. The molecule has 0 unspecified atom stereocenters. The molecule has 0 amide bonds. The molecular weight excluding hydrogens is 423 g/mol. The molecule has 2 fully saturated rings. The van der Waals surface area contributed by atoms with E-state index in [9.17, 15) is 14.0 Å². The van der Waals surface area contributed by atoms with Crippen LogP contribution < -0.4 is 0 Å². The zero-order valence-electron chi connectivity index (χ0n) is 17.8. The molecule has 174 valence electrons. The van der Waals surface area contributed by atoms with E-state index < -0.39 is 17.8 Å². The van der Waals surface area contributed by atoms with E-state index >= 15 is 0 Å². The first kappa shape index (κ1) is 23.8. The number of nitrogens with zero attached hydrogens (tertiary/aromatic N) is 2. The second kappa shape index (κ2) is 10.7. The summed E-state index contributed by atoms with van der Waals surface area (Å²) < 4.78 is 30.6. The molecule has 9 nitrogen and oxygen atoms in total. The van der Waals surface area contributed by atoms with E-state index in [1.54, 1.807) is 6.07 Å². The van der Waals surface area contributed by atoms with E-state index in [2.05, 4.69) is 17.0 Å². The summed E-state index contributed by atoms with van der Waals surface area (Å²) in [6, 6.07) is 4.63. The van der Waals surface area contributed by atoms with E-state index in [0.29, 0.717) is 23.7 Å². The number of fused-ring (bicyclic) bond motifs is 1. The van der Waals surface area contributed by atoms with Gasteiger partial charge in [-0.2, -0.15) is 0 Å². The van der Waals surface area contributed by atoms with Gasteiger partial charge in [-0.05, 0) is 31.4 Å². The van der Waals surface area contributed by atoms with Crippen molar-refractivity contribution in [1.82, 2.24) is 10.1 Å². The fourth-order valence-electron chi connectivity index (χ4n) is 4.04. The number of benzene rings is 1. The van der Waals surface area contributed by atoms with Gasteiger partial charge in [-0.25, -0.2) is 14.0 Å². The van der Waals surface area contributed by atoms with E-state index in [1.807, 2.05) is 0 Å². The third kappa shape index (κ3) is 5.70. The first-order valence-electron chi connectivity index (χ1n) is 10.6. The highest BCUT2D eigenvalue weighted by Crippen LogP contribution is 2.37. The molecule has 0 atom stereocenters. The Labute approximate surface area is 184 Å². The van der Waals surface area contributed by atoms with Crippen molar-refractivity contribution in [3.8, 4) is 0 Å². The Kier molecular flexibility index (Phi) is 7.94. The van der Waals surface area contributed by atoms with Gasteiger partial charge in [0.05, 0.1) is 18.9 Å². The first-order valence-corrected chi connectivity index (χ1v) is 10.6. The minimum absolute atomic E-state index is 0.295. The van der Waals surface area contributed by atoms with Crippen LogP contribution >= 0.6 is 0 Å². The predicted molar refractivity (Wildman–Crippen MR) is 111 cm³/mol. The number of aliphatic carboxylic acids is 2. The van der Waals surface area contributed by atoms with Crippen LogP contribution in [-0.4, -0.2) is 64.4 Å². The highest BCUT2D eigenvalue weighted by atomic mass is 19.1. The molecular formula is C22H27FN2O7. The average Bonchev–Trinajstić information content (AvgIpc) is 3.21. The van der Waals surface area contributed by atoms with Crippen LogP contribution in [0.3, 0.4) is 0 Å². The number of piperidine rings is 1. The number of hydrogen-bond acceptors (Lipinski definition) is 7. The molecule has 3 heterocycles. The summed E-state index contributed by atoms with van der Waals surface area (Å²) in [7, 11) is 0. The molecule has 2 aromatic rings. The van der Waals surface area contributed by atoms with E-state index in [-0.39, 0.29) is 5.82 Å². The number of aromatic nitrogens is 1. The summed E-state index contributed by atoms with van der Waals surface area (Å²) in [5.74, 6) is -3.04. The Morgan fingerprint density at radius 2 is 1.81 bits per heavy atom. The van der Waals surface area contributed by atoms with Gasteiger partial charge < -0.3 is 24.2 Å². The van der Waals surface area contributed by atoms with Crippen molar-refractivity contribution in [2.75, 3.05) is 26.3 Å². The second-order valence-electron chi connectivity index (χ2n) is 7.60. The van der Waals surface area contributed by atoms with Crippen LogP contribution in [0.2, 0.25) is 0 Å². The maximum absolute atomic E-state index is 13.3. The van der Waals surface area contributed by atoms with Crippen molar-refractivity contribution >= 4 is 22.9 Å². The van der Waals surface area contributed by atoms with Crippen molar-refractivity contribution in [1.29, 1.82) is 0 Å². The number of rotatable bonds is 5. The highest BCUT2D eigenvalue weighted by molar-refractivity contribution is 5.89. The molecule has 1 aromatic carbocycles. The Hall–Kier alpha value is -2.82. The van der Waals surface area contributed by atoms with E-state index in [1.165, 1.54) is 12.1 Å². The molecule has 10 heteroatoms. The summed E-state index contributed by atoms with van der Waals surface area (Å²) in [5.41, 5.74) is 1.47. The quantitative estimate of drug-likeness (QED) is 0.660. The average molecular weight is 450 g/mol. The fraction of sp³-hybridized carbons (Fsp3) is 0.500. The molecule has 2 aliphatic heterocycles. The number of carbonyl (C=O) groups is 2. The number of likely N-dealkylation sites (tertiary alicyclic amines) is 1. The predicted octanol–water partition coefficient (Wildman–Crippen LogP) is 3.36. The van der Waals surface area contributed by atoms with Crippen molar-refractivity contribution in [2.24, 2.45) is 0 Å². The SMILES string of the molecule is CCC1(N2CCC(c3noc4cc(F)ccc34)CC2)OCCCO1.O=C(O)/C=C/C(=O)O. The van der Waals surface area contributed by atoms with Gasteiger partial charge in [0.15, 0.2) is 5.58 Å². The maximum Gasteiger partial charge on any atom is 0.328 e. The van der Waals surface area contributed by atoms with Crippen molar-refractivity contribution < 1.29 is 38.2 Å². The standard InChI is InChI=1S/C18H23FN2O3.C4H4O4/c1-2-18(22-10-3-11-23-18)21-8-6-13(7-9-21)17-15-5-4-14(19)12-16(15)24-20-17;5-3(6)1-2-4(7)8/h4-5,12-13H,2-3,6-11H2,1H3;1-2H,(H,5,6)(H,7,8)/b;2-1+. The molecule has 0 radical (unpaired) electrons. The molecule has 0 bridgehead atoms. The zero-order valence-corrected chi connectivity index (χ0v) is 17.8. The monoisotopic (exact) mass is 450 g/mol. The molecule has 0 spiro atoms. The Morgan fingerprint density at radius 3 is 2.38 bits per heavy atom. The Balaban J connectivity index is 0.000000312. The molecule has 0 aliphatic carbocycles. The van der Waals surface area contributed by atoms with Crippen LogP contribution in [-0.2, 0) is 19.1 Å². The third-order valence-electron chi connectivity index (χ3n) is 5.58. The largest absolute Gasteiger partial charge is 0.478 e. The molecule has 32 heavy (non-hydrogen) atoms. The van der Waals surface area contributed by atoms with E-state index in [4.69, 9.17) is 24.2 Å². The maximum atomic E-state index is 13.3. The van der Waals surface area contributed by atoms with Crippen LogP contribution in [0, 0.1) is 5.82 Å². The summed E-state index contributed by atoms with van der Waals surface area (Å²) >= 11 is 0. The van der Waals surface area contributed by atoms with Gasteiger partial charge >= 0.3 is 11.9 Å². The van der Waals surface area contributed by atoms with Gasteiger partial charge in [0.2, 0.25) is 5.91 Å². The van der Waals surface area contributed by atoms with Crippen molar-refractivity contribution in [2.45, 2.75) is 44.4 Å². The van der Waals surface area contributed by atoms with Crippen molar-refractivity contribution in [3.63, 3.8) is 0 Å². The number of carboxylic acid groups (broad SMARTS) is 2. The number of ether oxygens (including phenoxy) is 2. The van der Waals surface area contributed by atoms with Crippen LogP contribution in [0.1, 0.15) is 44.2 Å². The van der Waals surface area contributed by atoms with Crippen LogP contribution in [0.25, 0.3) is 11.0 Å². The normalized spacial score (nSPS) is 19.6. The molecule has 2 aliphatic rings. The third-order valence-corrected chi connectivity index (χ3v) is 5.58. The lowest BCUT2D eigenvalue weighted by molar-refractivity contribution is -0.344. The van der Waals surface area contributed by atoms with Gasteiger partial charge in [0, 0.05) is 49.0 Å². The number of carboxylic acids is 2. The summed E-state index contributed by atoms with van der Waals surface area (Å²) in [6.45, 7) is 5.42. The molecule has 4 rings (SSSR count). The van der Waals surface area contributed by atoms with Crippen LogP contribution in [0.4, 0.5) is 4.39 Å².